The lowest BCUT2D eigenvalue weighted by Gasteiger charge is -2.14. The van der Waals surface area contributed by atoms with E-state index in [0.717, 1.165) is 35.4 Å². The summed E-state index contributed by atoms with van der Waals surface area (Å²) in [7, 11) is 1.57. The zero-order valence-corrected chi connectivity index (χ0v) is 17.9. The Kier molecular flexibility index (Phi) is 6.70. The van der Waals surface area contributed by atoms with E-state index in [1.54, 1.807) is 31.4 Å². The summed E-state index contributed by atoms with van der Waals surface area (Å²) in [5.41, 5.74) is 3.37. The van der Waals surface area contributed by atoms with Crippen molar-refractivity contribution >= 4 is 22.6 Å². The molecule has 0 radical (unpaired) electrons. The third-order valence-electron chi connectivity index (χ3n) is 4.97. The van der Waals surface area contributed by atoms with Crippen LogP contribution in [-0.2, 0) is 19.6 Å². The molecule has 0 saturated carbocycles. The Morgan fingerprint density at radius 1 is 1.03 bits per heavy atom. The molecule has 0 aliphatic carbocycles. The number of benzene rings is 3. The van der Waals surface area contributed by atoms with E-state index in [-0.39, 0.29) is 12.4 Å². The summed E-state index contributed by atoms with van der Waals surface area (Å²) in [6, 6.07) is 18.0. The Labute approximate surface area is 185 Å². The van der Waals surface area contributed by atoms with Crippen LogP contribution in [0.3, 0.4) is 0 Å². The number of fused-ring (bicyclic) bond motifs is 1. The number of para-hydroxylation sites is 2. The van der Waals surface area contributed by atoms with Crippen molar-refractivity contribution in [3.8, 4) is 11.5 Å². The van der Waals surface area contributed by atoms with Gasteiger partial charge in [0.15, 0.2) is 11.5 Å². The summed E-state index contributed by atoms with van der Waals surface area (Å²) in [4.78, 5) is 7.90. The topological polar surface area (TPSA) is 59.2 Å². The fourth-order valence-electron chi connectivity index (χ4n) is 3.31. The summed E-state index contributed by atoms with van der Waals surface area (Å²) in [5.74, 6) is 1.66. The van der Waals surface area contributed by atoms with Crippen LogP contribution in [0.25, 0.3) is 11.0 Å². The molecular formula is C24H23ClFN3O2. The van der Waals surface area contributed by atoms with Gasteiger partial charge in [0.05, 0.1) is 18.1 Å². The quantitative estimate of drug-likeness (QED) is 0.348. The van der Waals surface area contributed by atoms with Crippen molar-refractivity contribution in [3.05, 3.63) is 88.5 Å². The van der Waals surface area contributed by atoms with E-state index in [9.17, 15) is 4.39 Å². The van der Waals surface area contributed by atoms with Gasteiger partial charge >= 0.3 is 0 Å². The zero-order valence-electron chi connectivity index (χ0n) is 17.1. The molecule has 0 aliphatic rings. The van der Waals surface area contributed by atoms with Crippen molar-refractivity contribution in [2.75, 3.05) is 13.7 Å². The number of rotatable bonds is 9. The highest BCUT2D eigenvalue weighted by Crippen LogP contribution is 2.34. The number of halogens is 2. The van der Waals surface area contributed by atoms with Crippen LogP contribution in [-0.4, -0.2) is 23.6 Å². The Morgan fingerprint density at radius 3 is 2.65 bits per heavy atom. The Balaban J connectivity index is 1.35. The molecule has 2 N–H and O–H groups in total. The van der Waals surface area contributed by atoms with Gasteiger partial charge in [-0.1, -0.05) is 41.9 Å². The van der Waals surface area contributed by atoms with Gasteiger partial charge in [-0.3, -0.25) is 0 Å². The molecule has 5 nitrogen and oxygen atoms in total. The Bertz CT molecular complexity index is 1150. The number of nitrogens with zero attached hydrogens (tertiary/aromatic N) is 1. The first-order chi connectivity index (χ1) is 15.1. The molecule has 0 atom stereocenters. The van der Waals surface area contributed by atoms with Gasteiger partial charge in [0, 0.05) is 36.2 Å². The number of hydrogen-bond acceptors (Lipinski definition) is 4. The van der Waals surface area contributed by atoms with Crippen LogP contribution in [0.1, 0.15) is 17.0 Å². The van der Waals surface area contributed by atoms with Crippen LogP contribution in [0.2, 0.25) is 5.02 Å². The molecule has 0 fully saturated rings. The van der Waals surface area contributed by atoms with Crippen molar-refractivity contribution in [3.63, 3.8) is 0 Å². The monoisotopic (exact) mass is 439 g/mol. The van der Waals surface area contributed by atoms with Crippen molar-refractivity contribution in [1.29, 1.82) is 0 Å². The number of aromatic nitrogens is 2. The molecule has 0 saturated heterocycles. The average molecular weight is 440 g/mol. The van der Waals surface area contributed by atoms with Crippen LogP contribution >= 0.6 is 11.6 Å². The van der Waals surface area contributed by atoms with E-state index in [1.807, 2.05) is 30.3 Å². The molecule has 0 spiro atoms. The summed E-state index contributed by atoms with van der Waals surface area (Å²) >= 11 is 6.45. The van der Waals surface area contributed by atoms with Crippen LogP contribution < -0.4 is 14.8 Å². The normalized spacial score (nSPS) is 11.1. The standard InChI is InChI=1S/C24H23ClFN3O2/c1-30-22-12-17(14-27-11-10-24-28-20-8-4-5-9-21(20)29-24)18(25)13-23(22)31-15-16-6-2-3-7-19(16)26/h2-9,12-13,27H,10-11,14-15H2,1H3,(H,28,29). The number of methoxy groups -OCH3 is 1. The van der Waals surface area contributed by atoms with E-state index in [4.69, 9.17) is 21.1 Å². The first-order valence-corrected chi connectivity index (χ1v) is 10.4. The van der Waals surface area contributed by atoms with Gasteiger partial charge in [0.2, 0.25) is 0 Å². The molecule has 7 heteroatoms. The number of nitrogens with one attached hydrogen (secondary N) is 2. The molecule has 4 aromatic rings. The predicted octanol–water partition coefficient (Wildman–Crippen LogP) is 5.28. The third-order valence-corrected chi connectivity index (χ3v) is 5.32. The lowest BCUT2D eigenvalue weighted by molar-refractivity contribution is 0.279. The first-order valence-electron chi connectivity index (χ1n) is 10.0. The van der Waals surface area contributed by atoms with Gasteiger partial charge in [-0.15, -0.1) is 0 Å². The number of H-pyrrole nitrogens is 1. The lowest BCUT2D eigenvalue weighted by Crippen LogP contribution is -2.17. The molecule has 160 valence electrons. The van der Waals surface area contributed by atoms with E-state index < -0.39 is 0 Å². The highest BCUT2D eigenvalue weighted by Gasteiger charge is 2.12. The van der Waals surface area contributed by atoms with Gasteiger partial charge in [-0.2, -0.15) is 0 Å². The van der Waals surface area contributed by atoms with Gasteiger partial charge in [0.1, 0.15) is 18.2 Å². The zero-order chi connectivity index (χ0) is 21.6. The van der Waals surface area contributed by atoms with Crippen molar-refractivity contribution < 1.29 is 13.9 Å². The lowest BCUT2D eigenvalue weighted by atomic mass is 10.2. The molecule has 1 aromatic heterocycles. The van der Waals surface area contributed by atoms with Gasteiger partial charge in [-0.25, -0.2) is 9.37 Å². The number of imidazole rings is 1. The summed E-state index contributed by atoms with van der Waals surface area (Å²) in [6.07, 6.45) is 0.771. The second-order valence-electron chi connectivity index (χ2n) is 7.10. The van der Waals surface area contributed by atoms with E-state index in [0.29, 0.717) is 28.6 Å². The number of hydrogen-bond donors (Lipinski definition) is 2. The molecular weight excluding hydrogens is 417 g/mol. The molecule has 0 unspecified atom stereocenters. The van der Waals surface area contributed by atoms with Crippen LogP contribution in [0.15, 0.2) is 60.7 Å². The number of aromatic amines is 1. The first kappa shape index (κ1) is 21.2. The van der Waals surface area contributed by atoms with Gasteiger partial charge in [0.25, 0.3) is 0 Å². The van der Waals surface area contributed by atoms with Crippen molar-refractivity contribution in [2.45, 2.75) is 19.6 Å². The number of ether oxygens (including phenoxy) is 2. The Morgan fingerprint density at radius 2 is 1.84 bits per heavy atom. The van der Waals surface area contributed by atoms with Crippen molar-refractivity contribution in [1.82, 2.24) is 15.3 Å². The maximum atomic E-state index is 13.8. The fourth-order valence-corrected chi connectivity index (χ4v) is 3.53. The molecule has 0 amide bonds. The van der Waals surface area contributed by atoms with Crippen molar-refractivity contribution in [2.24, 2.45) is 0 Å². The summed E-state index contributed by atoms with van der Waals surface area (Å²) < 4.78 is 25.0. The maximum absolute atomic E-state index is 13.8. The Hall–Kier alpha value is -3.09. The largest absolute Gasteiger partial charge is 0.493 e. The maximum Gasteiger partial charge on any atom is 0.163 e. The van der Waals surface area contributed by atoms with E-state index >= 15 is 0 Å². The molecule has 1 heterocycles. The highest BCUT2D eigenvalue weighted by atomic mass is 35.5. The molecule has 3 aromatic carbocycles. The van der Waals surface area contributed by atoms with Gasteiger partial charge in [-0.05, 0) is 29.8 Å². The summed E-state index contributed by atoms with van der Waals surface area (Å²) in [5, 5.41) is 3.94. The van der Waals surface area contributed by atoms with E-state index in [1.165, 1.54) is 6.07 Å². The van der Waals surface area contributed by atoms with Crippen LogP contribution in [0.4, 0.5) is 4.39 Å². The minimum absolute atomic E-state index is 0.0917. The fraction of sp³-hybridized carbons (Fsp3) is 0.208. The minimum Gasteiger partial charge on any atom is -0.493 e. The molecule has 0 bridgehead atoms. The second kappa shape index (κ2) is 9.81. The smallest absolute Gasteiger partial charge is 0.163 e. The highest BCUT2D eigenvalue weighted by molar-refractivity contribution is 6.31. The third kappa shape index (κ3) is 5.16. The van der Waals surface area contributed by atoms with Crippen LogP contribution in [0.5, 0.6) is 11.5 Å². The summed E-state index contributed by atoms with van der Waals surface area (Å²) in [6.45, 7) is 1.40. The SMILES string of the molecule is COc1cc(CNCCc2nc3ccccc3[nH]2)c(Cl)cc1OCc1ccccc1F. The minimum atomic E-state index is -0.308. The van der Waals surface area contributed by atoms with Crippen LogP contribution in [0, 0.1) is 5.82 Å². The molecule has 4 rings (SSSR count). The van der Waals surface area contributed by atoms with Gasteiger partial charge < -0.3 is 19.8 Å². The molecule has 0 aliphatic heterocycles. The average Bonchev–Trinajstić information content (AvgIpc) is 3.20. The predicted molar refractivity (Wildman–Crippen MR) is 120 cm³/mol. The second-order valence-corrected chi connectivity index (χ2v) is 7.51. The molecule has 31 heavy (non-hydrogen) atoms. The van der Waals surface area contributed by atoms with E-state index in [2.05, 4.69) is 15.3 Å².